The number of nitriles is 1. The summed E-state index contributed by atoms with van der Waals surface area (Å²) < 4.78 is 6.22. The van der Waals surface area contributed by atoms with E-state index in [2.05, 4.69) is 23.5 Å². The summed E-state index contributed by atoms with van der Waals surface area (Å²) in [5.74, 6) is 2.91. The summed E-state index contributed by atoms with van der Waals surface area (Å²) in [6, 6.07) is 10.3. The first kappa shape index (κ1) is 22.9. The van der Waals surface area contributed by atoms with E-state index in [0.29, 0.717) is 18.3 Å². The molecular weight excluding hydrogens is 408 g/mol. The average Bonchev–Trinajstić information content (AvgIpc) is 3.60. The molecule has 1 amide bonds. The Kier molecular flexibility index (Phi) is 6.79. The van der Waals surface area contributed by atoms with E-state index in [4.69, 9.17) is 10.00 Å². The number of nitrogens with zero attached hydrogens (tertiary/aromatic N) is 1. The van der Waals surface area contributed by atoms with Gasteiger partial charge in [-0.3, -0.25) is 4.79 Å². The van der Waals surface area contributed by atoms with Crippen molar-refractivity contribution in [3.05, 3.63) is 29.8 Å². The third-order valence-electron chi connectivity index (χ3n) is 8.94. The number of carbonyl (C=O) groups excluding carboxylic acids is 1. The Morgan fingerprint density at radius 2 is 1.55 bits per heavy atom. The van der Waals surface area contributed by atoms with Crippen molar-refractivity contribution in [2.24, 2.45) is 28.6 Å². The molecule has 0 spiro atoms. The van der Waals surface area contributed by atoms with Gasteiger partial charge in [-0.1, -0.05) is 31.4 Å². The predicted octanol–water partition coefficient (Wildman–Crippen LogP) is 6.65. The molecule has 4 nitrogen and oxygen atoms in total. The van der Waals surface area contributed by atoms with Crippen LogP contribution in [0.2, 0.25) is 0 Å². The predicted molar refractivity (Wildman–Crippen MR) is 131 cm³/mol. The van der Waals surface area contributed by atoms with Crippen LogP contribution < -0.4 is 5.32 Å². The quantitative estimate of drug-likeness (QED) is 0.364. The van der Waals surface area contributed by atoms with Crippen LogP contribution in [-0.4, -0.2) is 19.1 Å². The van der Waals surface area contributed by atoms with Crippen LogP contribution in [0.4, 0.5) is 5.69 Å². The Hall–Kier alpha value is -1.86. The lowest BCUT2D eigenvalue weighted by Crippen LogP contribution is -2.48. The maximum absolute atomic E-state index is 12.2. The molecule has 178 valence electrons. The Morgan fingerprint density at radius 1 is 0.939 bits per heavy atom. The van der Waals surface area contributed by atoms with Crippen molar-refractivity contribution in [3.8, 4) is 6.07 Å². The van der Waals surface area contributed by atoms with Crippen LogP contribution in [0.5, 0.6) is 0 Å². The van der Waals surface area contributed by atoms with E-state index < -0.39 is 5.41 Å². The second-order valence-electron chi connectivity index (χ2n) is 11.8. The van der Waals surface area contributed by atoms with Gasteiger partial charge in [0.15, 0.2) is 0 Å². The summed E-state index contributed by atoms with van der Waals surface area (Å²) in [6.07, 6.45) is 17.6. The Morgan fingerprint density at radius 3 is 2.15 bits per heavy atom. The fourth-order valence-electron chi connectivity index (χ4n) is 7.34. The molecule has 1 aromatic rings. The van der Waals surface area contributed by atoms with Crippen LogP contribution in [0.15, 0.2) is 24.3 Å². The van der Waals surface area contributed by atoms with Gasteiger partial charge in [-0.05, 0) is 111 Å². The first-order valence-electron chi connectivity index (χ1n) is 13.5. The molecule has 1 aromatic carbocycles. The molecule has 33 heavy (non-hydrogen) atoms. The standard InChI is InChI=1S/C29H40N2O2/c30-20-29(11-12-29)27(32)31-26-9-7-22(8-10-26)6-4-2-1-3-5-13-33-21-28-17-23-14-24(18-28)16-25(15-23)19-28/h7-10,23-25H,1-6,11-19,21H2,(H,31,32). The molecule has 0 saturated heterocycles. The molecule has 5 aliphatic rings. The van der Waals surface area contributed by atoms with Gasteiger partial charge in [0.05, 0.1) is 12.7 Å². The van der Waals surface area contributed by atoms with Crippen molar-refractivity contribution >= 4 is 11.6 Å². The highest BCUT2D eigenvalue weighted by atomic mass is 16.5. The van der Waals surface area contributed by atoms with Crippen LogP contribution in [0, 0.1) is 39.9 Å². The zero-order valence-electron chi connectivity index (χ0n) is 20.1. The highest BCUT2D eigenvalue weighted by Crippen LogP contribution is 2.60. The van der Waals surface area contributed by atoms with Crippen molar-refractivity contribution in [2.75, 3.05) is 18.5 Å². The third-order valence-corrected chi connectivity index (χ3v) is 8.94. The minimum atomic E-state index is -0.765. The van der Waals surface area contributed by atoms with Crippen LogP contribution in [0.25, 0.3) is 0 Å². The molecule has 0 atom stereocenters. The van der Waals surface area contributed by atoms with E-state index in [-0.39, 0.29) is 5.91 Å². The van der Waals surface area contributed by atoms with Crippen molar-refractivity contribution in [2.45, 2.75) is 89.9 Å². The van der Waals surface area contributed by atoms with Gasteiger partial charge in [-0.2, -0.15) is 5.26 Å². The molecule has 4 bridgehead atoms. The molecule has 0 aromatic heterocycles. The average molecular weight is 449 g/mol. The van der Waals surface area contributed by atoms with Crippen molar-refractivity contribution in [3.63, 3.8) is 0 Å². The third kappa shape index (κ3) is 5.46. The Bertz CT molecular complexity index is 829. The smallest absolute Gasteiger partial charge is 0.244 e. The number of hydrogen-bond acceptors (Lipinski definition) is 3. The molecule has 5 fully saturated rings. The highest BCUT2D eigenvalue weighted by Gasteiger charge is 2.51. The first-order valence-corrected chi connectivity index (χ1v) is 13.5. The summed E-state index contributed by atoms with van der Waals surface area (Å²) in [5.41, 5.74) is 1.90. The lowest BCUT2D eigenvalue weighted by Gasteiger charge is -2.56. The van der Waals surface area contributed by atoms with Crippen molar-refractivity contribution in [1.82, 2.24) is 0 Å². The van der Waals surface area contributed by atoms with Gasteiger partial charge in [0.25, 0.3) is 0 Å². The summed E-state index contributed by atoms with van der Waals surface area (Å²) >= 11 is 0. The van der Waals surface area contributed by atoms with Gasteiger partial charge in [-0.25, -0.2) is 0 Å². The summed E-state index contributed by atoms with van der Waals surface area (Å²) in [4.78, 5) is 12.2. The Labute approximate surface area is 199 Å². The number of rotatable bonds is 12. The lowest BCUT2D eigenvalue weighted by atomic mass is 9.50. The number of nitrogens with one attached hydrogen (secondary N) is 1. The Balaban J connectivity index is 0.906. The van der Waals surface area contributed by atoms with E-state index in [1.807, 2.05) is 12.1 Å². The SMILES string of the molecule is N#CC1(C(=O)Nc2ccc(CCCCCCCOCC34CC5CC(CC(C5)C3)C4)cc2)CC1. The minimum absolute atomic E-state index is 0.153. The van der Waals surface area contributed by atoms with Gasteiger partial charge in [0.1, 0.15) is 5.41 Å². The van der Waals surface area contributed by atoms with Gasteiger partial charge >= 0.3 is 0 Å². The zero-order chi connectivity index (χ0) is 22.7. The molecule has 0 aliphatic heterocycles. The van der Waals surface area contributed by atoms with Crippen LogP contribution >= 0.6 is 0 Å². The van der Waals surface area contributed by atoms with E-state index in [0.717, 1.165) is 43.1 Å². The van der Waals surface area contributed by atoms with Crippen LogP contribution in [-0.2, 0) is 16.0 Å². The molecule has 5 aliphatic carbocycles. The molecule has 4 heteroatoms. The topological polar surface area (TPSA) is 62.1 Å². The molecule has 6 rings (SSSR count). The van der Waals surface area contributed by atoms with Gasteiger partial charge < -0.3 is 10.1 Å². The normalized spacial score (nSPS) is 30.7. The number of amides is 1. The molecule has 0 radical (unpaired) electrons. The number of anilines is 1. The second kappa shape index (κ2) is 9.79. The minimum Gasteiger partial charge on any atom is -0.381 e. The number of ether oxygens (including phenoxy) is 1. The molecule has 0 heterocycles. The molecule has 0 unspecified atom stereocenters. The fraction of sp³-hybridized carbons (Fsp3) is 0.724. The monoisotopic (exact) mass is 448 g/mol. The molecule has 1 N–H and O–H groups in total. The number of benzene rings is 1. The first-order chi connectivity index (χ1) is 16.1. The number of hydrogen-bond donors (Lipinski definition) is 1. The van der Waals surface area contributed by atoms with E-state index in [1.54, 1.807) is 0 Å². The summed E-state index contributed by atoms with van der Waals surface area (Å²) in [5, 5.41) is 12.0. The van der Waals surface area contributed by atoms with E-state index in [9.17, 15) is 4.79 Å². The molecule has 5 saturated carbocycles. The maximum atomic E-state index is 12.2. The summed E-state index contributed by atoms with van der Waals surface area (Å²) in [7, 11) is 0. The van der Waals surface area contributed by atoms with Crippen molar-refractivity contribution < 1.29 is 9.53 Å². The highest BCUT2D eigenvalue weighted by molar-refractivity contribution is 5.99. The van der Waals surface area contributed by atoms with E-state index in [1.165, 1.54) is 76.2 Å². The van der Waals surface area contributed by atoms with Crippen molar-refractivity contribution in [1.29, 1.82) is 5.26 Å². The lowest BCUT2D eigenvalue weighted by molar-refractivity contribution is -0.119. The molecular formula is C29H40N2O2. The van der Waals surface area contributed by atoms with Crippen LogP contribution in [0.3, 0.4) is 0 Å². The fourth-order valence-corrected chi connectivity index (χ4v) is 7.34. The second-order valence-corrected chi connectivity index (χ2v) is 11.8. The summed E-state index contributed by atoms with van der Waals surface area (Å²) in [6.45, 7) is 1.98. The number of carbonyl (C=O) groups is 1. The van der Waals surface area contributed by atoms with E-state index >= 15 is 0 Å². The van der Waals surface area contributed by atoms with Gasteiger partial charge in [-0.15, -0.1) is 0 Å². The number of aryl methyl sites for hydroxylation is 1. The number of unbranched alkanes of at least 4 members (excludes halogenated alkanes) is 4. The zero-order valence-corrected chi connectivity index (χ0v) is 20.1. The maximum Gasteiger partial charge on any atom is 0.244 e. The van der Waals surface area contributed by atoms with Crippen LogP contribution in [0.1, 0.15) is 89.0 Å². The largest absolute Gasteiger partial charge is 0.381 e. The van der Waals surface area contributed by atoms with Gasteiger partial charge in [0, 0.05) is 12.3 Å². The van der Waals surface area contributed by atoms with Gasteiger partial charge in [0.2, 0.25) is 5.91 Å².